The monoisotopic (exact) mass is 205 g/mol. The Morgan fingerprint density at radius 1 is 1.47 bits per heavy atom. The van der Waals surface area contributed by atoms with Crippen LogP contribution < -0.4 is 5.73 Å². The molecule has 1 heterocycles. The lowest BCUT2D eigenvalue weighted by molar-refractivity contribution is 0.408. The third kappa shape index (κ3) is 2.53. The molecule has 1 aliphatic carbocycles. The van der Waals surface area contributed by atoms with Gasteiger partial charge < -0.3 is 5.73 Å². The predicted octanol–water partition coefficient (Wildman–Crippen LogP) is 1.94. The first-order chi connectivity index (χ1) is 7.15. The van der Waals surface area contributed by atoms with Gasteiger partial charge >= 0.3 is 0 Å². The van der Waals surface area contributed by atoms with Gasteiger partial charge in [-0.2, -0.15) is 0 Å². The average Bonchev–Trinajstić information content (AvgIpc) is 1.96. The summed E-state index contributed by atoms with van der Waals surface area (Å²) in [4.78, 5) is 9.03. The van der Waals surface area contributed by atoms with Crippen LogP contribution in [0.1, 0.15) is 49.3 Å². The zero-order chi connectivity index (χ0) is 10.8. The molecular formula is C12H19N3. The van der Waals surface area contributed by atoms with Crippen LogP contribution in [0, 0.1) is 6.92 Å². The van der Waals surface area contributed by atoms with Crippen molar-refractivity contribution in [2.45, 2.75) is 51.5 Å². The number of aromatic nitrogens is 2. The number of rotatable bonds is 3. The summed E-state index contributed by atoms with van der Waals surface area (Å²) in [7, 11) is 0. The van der Waals surface area contributed by atoms with Gasteiger partial charge in [0.15, 0.2) is 0 Å². The normalized spacial score (nSPS) is 18.6. The minimum absolute atomic E-state index is 0.140. The summed E-state index contributed by atoms with van der Waals surface area (Å²) in [6.45, 7) is 4.03. The van der Waals surface area contributed by atoms with Gasteiger partial charge in [0.05, 0.1) is 0 Å². The summed E-state index contributed by atoms with van der Waals surface area (Å²) in [5.41, 5.74) is 8.07. The Kier molecular flexibility index (Phi) is 3.00. The van der Waals surface area contributed by atoms with Gasteiger partial charge in [-0.15, -0.1) is 0 Å². The van der Waals surface area contributed by atoms with Crippen LogP contribution in [0.4, 0.5) is 0 Å². The molecule has 2 rings (SSSR count). The molecule has 1 unspecified atom stereocenters. The van der Waals surface area contributed by atoms with Crippen molar-refractivity contribution in [1.82, 2.24) is 9.97 Å². The summed E-state index contributed by atoms with van der Waals surface area (Å²) in [5.74, 6) is 1.59. The van der Waals surface area contributed by atoms with Gasteiger partial charge in [-0.3, -0.25) is 0 Å². The zero-order valence-corrected chi connectivity index (χ0v) is 9.53. The number of nitrogens with two attached hydrogens (primary N) is 1. The van der Waals surface area contributed by atoms with E-state index < -0.39 is 0 Å². The van der Waals surface area contributed by atoms with Crippen LogP contribution in [-0.4, -0.2) is 16.0 Å². The number of hydrogen-bond donors (Lipinski definition) is 1. The highest BCUT2D eigenvalue weighted by atomic mass is 14.9. The second-order valence-corrected chi connectivity index (χ2v) is 4.66. The maximum Gasteiger partial charge on any atom is 0.130 e. The van der Waals surface area contributed by atoms with E-state index in [9.17, 15) is 0 Å². The van der Waals surface area contributed by atoms with Gasteiger partial charge in [-0.1, -0.05) is 6.42 Å². The molecule has 0 bridgehead atoms. The van der Waals surface area contributed by atoms with E-state index in [2.05, 4.69) is 16.0 Å². The van der Waals surface area contributed by atoms with E-state index in [0.717, 1.165) is 17.9 Å². The molecule has 1 aromatic heterocycles. The zero-order valence-electron chi connectivity index (χ0n) is 9.53. The molecule has 3 heteroatoms. The van der Waals surface area contributed by atoms with Crippen molar-refractivity contribution in [3.63, 3.8) is 0 Å². The van der Waals surface area contributed by atoms with Gasteiger partial charge in [0.25, 0.3) is 0 Å². The second-order valence-electron chi connectivity index (χ2n) is 4.66. The Labute approximate surface area is 91.1 Å². The van der Waals surface area contributed by atoms with Crippen LogP contribution in [0.3, 0.4) is 0 Å². The Hall–Kier alpha value is -0.960. The summed E-state index contributed by atoms with van der Waals surface area (Å²) in [5, 5.41) is 0. The third-order valence-electron chi connectivity index (χ3n) is 2.95. The minimum atomic E-state index is 0.140. The van der Waals surface area contributed by atoms with E-state index >= 15 is 0 Å². The van der Waals surface area contributed by atoms with Gasteiger partial charge in [0.1, 0.15) is 5.82 Å². The standard InChI is InChI=1S/C12H19N3/c1-8(13)6-12-14-9(2)7-11(15-12)10-4-3-5-10/h7-8,10H,3-6,13H2,1-2H3. The van der Waals surface area contributed by atoms with Gasteiger partial charge in [0.2, 0.25) is 0 Å². The van der Waals surface area contributed by atoms with E-state index in [1.807, 2.05) is 13.8 Å². The molecule has 0 radical (unpaired) electrons. The average molecular weight is 205 g/mol. The largest absolute Gasteiger partial charge is 0.328 e. The van der Waals surface area contributed by atoms with Crippen LogP contribution >= 0.6 is 0 Å². The van der Waals surface area contributed by atoms with E-state index in [-0.39, 0.29) is 6.04 Å². The van der Waals surface area contributed by atoms with Crippen LogP contribution in [0.15, 0.2) is 6.07 Å². The molecule has 1 atom stereocenters. The third-order valence-corrected chi connectivity index (χ3v) is 2.95. The lowest BCUT2D eigenvalue weighted by Gasteiger charge is -2.25. The first-order valence-corrected chi connectivity index (χ1v) is 5.75. The van der Waals surface area contributed by atoms with Crippen molar-refractivity contribution in [3.8, 4) is 0 Å². The van der Waals surface area contributed by atoms with Crippen LogP contribution in [0.5, 0.6) is 0 Å². The lowest BCUT2D eigenvalue weighted by atomic mass is 9.82. The molecule has 3 nitrogen and oxygen atoms in total. The summed E-state index contributed by atoms with van der Waals surface area (Å²) in [6, 6.07) is 2.26. The lowest BCUT2D eigenvalue weighted by Crippen LogP contribution is -2.21. The molecule has 1 aliphatic rings. The fourth-order valence-electron chi connectivity index (χ4n) is 1.95. The highest BCUT2D eigenvalue weighted by Gasteiger charge is 2.21. The summed E-state index contributed by atoms with van der Waals surface area (Å²) >= 11 is 0. The molecule has 0 saturated heterocycles. The molecule has 2 N–H and O–H groups in total. The SMILES string of the molecule is Cc1cc(C2CCC2)nc(CC(C)N)n1. The van der Waals surface area contributed by atoms with E-state index in [1.165, 1.54) is 25.0 Å². The second kappa shape index (κ2) is 4.27. The van der Waals surface area contributed by atoms with Crippen molar-refractivity contribution in [2.75, 3.05) is 0 Å². The van der Waals surface area contributed by atoms with Crippen LogP contribution in [-0.2, 0) is 6.42 Å². The van der Waals surface area contributed by atoms with Crippen molar-refractivity contribution in [3.05, 3.63) is 23.3 Å². The van der Waals surface area contributed by atoms with Gasteiger partial charge in [-0.05, 0) is 32.8 Å². The number of nitrogens with zero attached hydrogens (tertiary/aromatic N) is 2. The Morgan fingerprint density at radius 3 is 2.73 bits per heavy atom. The van der Waals surface area contributed by atoms with E-state index in [0.29, 0.717) is 5.92 Å². The molecule has 1 aromatic rings. The van der Waals surface area contributed by atoms with Crippen molar-refractivity contribution in [2.24, 2.45) is 5.73 Å². The molecule has 15 heavy (non-hydrogen) atoms. The van der Waals surface area contributed by atoms with Crippen molar-refractivity contribution in [1.29, 1.82) is 0 Å². The maximum absolute atomic E-state index is 5.77. The molecule has 1 fully saturated rings. The molecule has 0 spiro atoms. The van der Waals surface area contributed by atoms with Crippen LogP contribution in [0.25, 0.3) is 0 Å². The topological polar surface area (TPSA) is 51.8 Å². The molecule has 0 aliphatic heterocycles. The number of aryl methyl sites for hydroxylation is 1. The highest BCUT2D eigenvalue weighted by Crippen LogP contribution is 2.35. The minimum Gasteiger partial charge on any atom is -0.328 e. The molecule has 1 saturated carbocycles. The quantitative estimate of drug-likeness (QED) is 0.820. The fraction of sp³-hybridized carbons (Fsp3) is 0.667. The molecule has 0 amide bonds. The Balaban J connectivity index is 2.19. The fourth-order valence-corrected chi connectivity index (χ4v) is 1.95. The Morgan fingerprint density at radius 2 is 2.20 bits per heavy atom. The highest BCUT2D eigenvalue weighted by molar-refractivity contribution is 5.16. The van der Waals surface area contributed by atoms with Crippen LogP contribution in [0.2, 0.25) is 0 Å². The van der Waals surface area contributed by atoms with Gasteiger partial charge in [0, 0.05) is 29.8 Å². The predicted molar refractivity (Wildman–Crippen MR) is 60.7 cm³/mol. The molecule has 82 valence electrons. The summed E-state index contributed by atoms with van der Waals surface area (Å²) in [6.07, 6.45) is 4.69. The maximum atomic E-state index is 5.77. The molecule has 0 aromatic carbocycles. The first kappa shape index (κ1) is 10.6. The first-order valence-electron chi connectivity index (χ1n) is 5.75. The van der Waals surface area contributed by atoms with E-state index in [1.54, 1.807) is 0 Å². The van der Waals surface area contributed by atoms with Gasteiger partial charge in [-0.25, -0.2) is 9.97 Å². The Bertz CT molecular complexity index is 343. The van der Waals surface area contributed by atoms with Crippen molar-refractivity contribution >= 4 is 0 Å². The smallest absolute Gasteiger partial charge is 0.130 e. The van der Waals surface area contributed by atoms with Crippen molar-refractivity contribution < 1.29 is 0 Å². The number of hydrogen-bond acceptors (Lipinski definition) is 3. The molecular weight excluding hydrogens is 186 g/mol. The van der Waals surface area contributed by atoms with E-state index in [4.69, 9.17) is 5.73 Å². The summed E-state index contributed by atoms with van der Waals surface area (Å²) < 4.78 is 0.